The molecule has 0 rings (SSSR count). The maximum absolute atomic E-state index is 10.6. The van der Waals surface area contributed by atoms with Gasteiger partial charge in [0, 0.05) is 35.5 Å². The Morgan fingerprint density at radius 3 is 0.517 bits per heavy atom. The maximum Gasteiger partial charge on any atom is 0.508 e. The summed E-state index contributed by atoms with van der Waals surface area (Å²) in [5.74, 6) is 0. The molecule has 25 nitrogen and oxygen atoms in total. The first kappa shape index (κ1) is 65.1. The Morgan fingerprint density at radius 1 is 0.283 bits per heavy atom. The number of hydrogen-bond acceptors (Lipinski definition) is 25. The maximum atomic E-state index is 10.6. The van der Waals surface area contributed by atoms with Gasteiger partial charge in [0.25, 0.3) is 0 Å². The summed E-state index contributed by atoms with van der Waals surface area (Å²) >= 11 is 0. The van der Waals surface area contributed by atoms with Crippen molar-refractivity contribution in [2.45, 2.75) is 65.1 Å². The van der Waals surface area contributed by atoms with Gasteiger partial charge in [-0.3, -0.25) is 0 Å². The van der Waals surface area contributed by atoms with Crippen LogP contribution in [-0.4, -0.2) is 221 Å². The van der Waals surface area contributed by atoms with Crippen molar-refractivity contribution in [3.05, 3.63) is 0 Å². The molecule has 0 fully saturated rings. The number of aliphatic hydroxyl groups is 5. The van der Waals surface area contributed by atoms with Crippen molar-refractivity contribution in [3.63, 3.8) is 0 Å². The van der Waals surface area contributed by atoms with Gasteiger partial charge in [-0.15, -0.1) is 0 Å². The van der Waals surface area contributed by atoms with Crippen molar-refractivity contribution in [2.24, 2.45) is 0 Å². The van der Waals surface area contributed by atoms with Crippen molar-refractivity contribution < 1.29 is 121 Å². The lowest BCUT2D eigenvalue weighted by atomic mass is 10.5. The van der Waals surface area contributed by atoms with Crippen molar-refractivity contribution >= 4 is 30.8 Å². The van der Waals surface area contributed by atoms with E-state index in [0.29, 0.717) is 33.0 Å². The fraction of sp³-hybridized carbons (Fsp3) is 0.857. The number of hydrogen-bond donors (Lipinski definition) is 5. The van der Waals surface area contributed by atoms with Gasteiger partial charge in [0.2, 0.25) is 0 Å². The summed E-state index contributed by atoms with van der Waals surface area (Å²) < 4.78 is 68.3. The second kappa shape index (κ2) is 51.1. The van der Waals surface area contributed by atoms with Gasteiger partial charge in [-0.2, -0.15) is 0 Å². The zero-order valence-corrected chi connectivity index (χ0v) is 36.4. The van der Waals surface area contributed by atoms with Gasteiger partial charge in [0.15, 0.2) is 0 Å². The predicted molar refractivity (Wildman–Crippen MR) is 204 cm³/mol. The van der Waals surface area contributed by atoms with Crippen molar-refractivity contribution in [1.82, 2.24) is 0 Å². The number of ether oxygens (including phenoxy) is 15. The molecule has 0 bridgehead atoms. The molecule has 0 radical (unpaired) electrons. The van der Waals surface area contributed by atoms with E-state index < -0.39 is 61.3 Å². The monoisotopic (exact) mass is 890 g/mol. The molecule has 0 aliphatic heterocycles. The van der Waals surface area contributed by atoms with E-state index in [1.165, 1.54) is 70.2 Å². The van der Waals surface area contributed by atoms with E-state index in [9.17, 15) is 24.0 Å². The minimum Gasteiger partial charge on any atom is -0.432 e. The Bertz CT molecular complexity index is 789. The lowest BCUT2D eigenvalue weighted by molar-refractivity contribution is 0.0128. The Morgan fingerprint density at radius 2 is 0.417 bits per heavy atom. The predicted octanol–water partition coefficient (Wildman–Crippen LogP) is 0.834. The molecule has 0 spiro atoms. The first-order chi connectivity index (χ1) is 28.3. The van der Waals surface area contributed by atoms with E-state index in [-0.39, 0.29) is 66.1 Å². The fourth-order valence-electron chi connectivity index (χ4n) is 2.19. The third-order valence-corrected chi connectivity index (χ3v) is 4.75. The van der Waals surface area contributed by atoms with Crippen molar-refractivity contribution in [2.75, 3.05) is 135 Å². The molecule has 0 aromatic heterocycles. The fourth-order valence-corrected chi connectivity index (χ4v) is 2.19. The molecule has 60 heavy (non-hydrogen) atoms. The molecule has 0 aromatic carbocycles. The molecule has 5 N–H and O–H groups in total. The highest BCUT2D eigenvalue weighted by atomic mass is 16.8. The molecule has 0 aromatic rings. The Balaban J connectivity index is -0.000000210. The minimum atomic E-state index is -0.784. The van der Waals surface area contributed by atoms with E-state index in [1.807, 2.05) is 0 Å². The SMILES string of the molecule is COCCOC(=O)OCC(C)O.COCCOC(=O)OCC(C)O.COCCOC(=O)OCC(C)O.COCCOC(=O)OCC(C)O.COCCOC(=O)OCC(C)O. The lowest BCUT2D eigenvalue weighted by Crippen LogP contribution is -2.17. The van der Waals surface area contributed by atoms with Crippen LogP contribution in [0.5, 0.6) is 0 Å². The van der Waals surface area contributed by atoms with Crippen LogP contribution in [0.2, 0.25) is 0 Å². The number of carbonyl (C=O) groups excluding carboxylic acids is 5. The summed E-state index contributed by atoms with van der Waals surface area (Å²) in [5.41, 5.74) is 0. The summed E-state index contributed by atoms with van der Waals surface area (Å²) in [4.78, 5) is 53.1. The number of methoxy groups -OCH3 is 5. The van der Waals surface area contributed by atoms with Gasteiger partial charge < -0.3 is 96.6 Å². The molecule has 0 heterocycles. The molecular formula is C35H70O25. The quantitative estimate of drug-likeness (QED) is 0.0481. The topological polar surface area (TPSA) is 325 Å². The molecule has 25 heteroatoms. The number of carbonyl (C=O) groups is 5. The van der Waals surface area contributed by atoms with Gasteiger partial charge in [-0.1, -0.05) is 0 Å². The van der Waals surface area contributed by atoms with Gasteiger partial charge in [0.1, 0.15) is 66.1 Å². The smallest absolute Gasteiger partial charge is 0.432 e. The summed E-state index contributed by atoms with van der Waals surface area (Å²) in [7, 11) is 7.52. The Kier molecular flexibility index (Phi) is 55.4. The third-order valence-electron chi connectivity index (χ3n) is 4.75. The van der Waals surface area contributed by atoms with Crippen molar-refractivity contribution in [1.29, 1.82) is 0 Å². The van der Waals surface area contributed by atoms with Crippen LogP contribution in [0, 0.1) is 0 Å². The van der Waals surface area contributed by atoms with E-state index >= 15 is 0 Å². The Hall–Kier alpha value is -4.05. The van der Waals surface area contributed by atoms with Crippen LogP contribution < -0.4 is 0 Å². The summed E-state index contributed by atoms with van der Waals surface area (Å²) in [6.07, 6.45) is -7.25. The second-order valence-corrected chi connectivity index (χ2v) is 11.3. The van der Waals surface area contributed by atoms with E-state index in [4.69, 9.17) is 25.5 Å². The van der Waals surface area contributed by atoms with Crippen LogP contribution in [0.15, 0.2) is 0 Å². The van der Waals surface area contributed by atoms with E-state index in [0.717, 1.165) is 0 Å². The molecule has 0 saturated carbocycles. The average Bonchev–Trinajstić information content (AvgIpc) is 3.18. The standard InChI is InChI=1S/5C7H14O5/c5*1-6(8)5-12-7(9)11-4-3-10-2/h5*6,8H,3-5H2,1-2H3. The van der Waals surface area contributed by atoms with Crippen LogP contribution in [0.3, 0.4) is 0 Å². The number of rotatable bonds is 25. The number of aliphatic hydroxyl groups excluding tert-OH is 5. The highest BCUT2D eigenvalue weighted by Gasteiger charge is 2.08. The molecular weight excluding hydrogens is 820 g/mol. The second-order valence-electron chi connectivity index (χ2n) is 11.3. The summed E-state index contributed by atoms with van der Waals surface area (Å²) in [5, 5.41) is 43.6. The van der Waals surface area contributed by atoms with Crippen molar-refractivity contribution in [3.8, 4) is 0 Å². The van der Waals surface area contributed by atoms with Crippen LogP contribution >= 0.6 is 0 Å². The first-order valence-electron chi connectivity index (χ1n) is 18.2. The minimum absolute atomic E-state index is 0.0498. The van der Waals surface area contributed by atoms with Crippen LogP contribution in [0.25, 0.3) is 0 Å². The summed E-state index contributed by atoms with van der Waals surface area (Å²) in [6, 6.07) is 0. The van der Waals surface area contributed by atoms with E-state index in [1.54, 1.807) is 0 Å². The largest absolute Gasteiger partial charge is 0.508 e. The lowest BCUT2D eigenvalue weighted by Gasteiger charge is -2.06. The van der Waals surface area contributed by atoms with Gasteiger partial charge in [-0.25, -0.2) is 24.0 Å². The van der Waals surface area contributed by atoms with Crippen LogP contribution in [0.1, 0.15) is 34.6 Å². The molecule has 0 saturated heterocycles. The Labute approximate surface area is 351 Å². The highest BCUT2D eigenvalue weighted by molar-refractivity contribution is 5.61. The molecule has 0 amide bonds. The van der Waals surface area contributed by atoms with Gasteiger partial charge in [0.05, 0.1) is 63.6 Å². The first-order valence-corrected chi connectivity index (χ1v) is 18.2. The molecule has 360 valence electrons. The molecule has 5 unspecified atom stereocenters. The highest BCUT2D eigenvalue weighted by Crippen LogP contribution is 1.92. The van der Waals surface area contributed by atoms with E-state index in [2.05, 4.69) is 71.1 Å². The normalized spacial score (nSPS) is 12.2. The van der Waals surface area contributed by atoms with Gasteiger partial charge in [-0.05, 0) is 34.6 Å². The zero-order chi connectivity index (χ0) is 47.0. The van der Waals surface area contributed by atoms with Crippen LogP contribution in [0.4, 0.5) is 24.0 Å². The molecule has 0 aliphatic carbocycles. The average molecular weight is 891 g/mol. The molecule has 5 atom stereocenters. The zero-order valence-electron chi connectivity index (χ0n) is 36.4. The third kappa shape index (κ3) is 71.6. The summed E-state index contributed by atoms with van der Waals surface area (Å²) in [6.45, 7) is 9.83. The molecule has 0 aliphatic rings. The van der Waals surface area contributed by atoms with Crippen LogP contribution in [-0.2, 0) is 71.1 Å². The van der Waals surface area contributed by atoms with Gasteiger partial charge >= 0.3 is 30.8 Å².